The third-order valence-corrected chi connectivity index (χ3v) is 4.43. The van der Waals surface area contributed by atoms with E-state index < -0.39 is 0 Å². The van der Waals surface area contributed by atoms with Gasteiger partial charge in [0.2, 0.25) is 12.3 Å². The lowest BCUT2D eigenvalue weighted by atomic mass is 10.1. The van der Waals surface area contributed by atoms with Crippen LogP contribution in [0.4, 0.5) is 0 Å². The number of hydrogen-bond donors (Lipinski definition) is 1. The van der Waals surface area contributed by atoms with Crippen molar-refractivity contribution in [3.63, 3.8) is 0 Å². The third-order valence-electron chi connectivity index (χ3n) is 4.20. The molecule has 1 fully saturated rings. The first-order valence-corrected chi connectivity index (χ1v) is 7.99. The number of H-pyrrole nitrogens is 1. The number of benzene rings is 1. The van der Waals surface area contributed by atoms with Crippen LogP contribution in [0.5, 0.6) is 0 Å². The van der Waals surface area contributed by atoms with Gasteiger partial charge in [0.05, 0.1) is 19.6 Å². The monoisotopic (exact) mass is 346 g/mol. The van der Waals surface area contributed by atoms with Gasteiger partial charge in [0.15, 0.2) is 5.82 Å². The van der Waals surface area contributed by atoms with Gasteiger partial charge in [-0.25, -0.2) is 0 Å². The number of nitrogens with one attached hydrogen (secondary N) is 1. The maximum atomic E-state index is 12.8. The van der Waals surface area contributed by atoms with E-state index in [0.29, 0.717) is 30.6 Å². The standard InChI is InChI=1S/C16H15ClN4O3/c17-11-1-2-12-10(7-18-13(12)6-11)5-15(22)21-3-4-23-8-14(21)16-19-9-24-20-16/h1-2,6-7,9,14,18H,3-5,8H2/t14-/m1/s1. The maximum Gasteiger partial charge on any atom is 0.227 e. The smallest absolute Gasteiger partial charge is 0.227 e. The molecular formula is C16H15ClN4O3. The number of aromatic nitrogens is 3. The summed E-state index contributed by atoms with van der Waals surface area (Å²) in [6.07, 6.45) is 3.40. The zero-order chi connectivity index (χ0) is 16.5. The van der Waals surface area contributed by atoms with Crippen molar-refractivity contribution in [2.75, 3.05) is 19.8 Å². The van der Waals surface area contributed by atoms with Crippen molar-refractivity contribution in [1.29, 1.82) is 0 Å². The predicted octanol–water partition coefficient (Wildman–Crippen LogP) is 2.35. The minimum atomic E-state index is -0.315. The van der Waals surface area contributed by atoms with Crippen LogP contribution in [0.25, 0.3) is 10.9 Å². The molecule has 4 rings (SSSR count). The van der Waals surface area contributed by atoms with Crippen LogP contribution in [-0.2, 0) is 16.0 Å². The Bertz CT molecular complexity index is 861. The fourth-order valence-electron chi connectivity index (χ4n) is 3.01. The Morgan fingerprint density at radius 3 is 3.21 bits per heavy atom. The number of carbonyl (C=O) groups is 1. The molecule has 24 heavy (non-hydrogen) atoms. The van der Waals surface area contributed by atoms with Gasteiger partial charge >= 0.3 is 0 Å². The third kappa shape index (κ3) is 2.76. The van der Waals surface area contributed by atoms with Crippen molar-refractivity contribution >= 4 is 28.4 Å². The van der Waals surface area contributed by atoms with Gasteiger partial charge in [0.25, 0.3) is 0 Å². The Morgan fingerprint density at radius 2 is 2.38 bits per heavy atom. The number of halogens is 1. The van der Waals surface area contributed by atoms with E-state index in [1.165, 1.54) is 6.39 Å². The van der Waals surface area contributed by atoms with Gasteiger partial charge in [-0.1, -0.05) is 22.8 Å². The molecule has 0 saturated carbocycles. The highest BCUT2D eigenvalue weighted by Crippen LogP contribution is 2.25. The second-order valence-corrected chi connectivity index (χ2v) is 6.08. The summed E-state index contributed by atoms with van der Waals surface area (Å²) in [5.74, 6) is 0.470. The molecule has 0 aliphatic carbocycles. The van der Waals surface area contributed by atoms with Crippen LogP contribution in [0, 0.1) is 0 Å². The van der Waals surface area contributed by atoms with Crippen molar-refractivity contribution in [3.8, 4) is 0 Å². The number of fused-ring (bicyclic) bond motifs is 1. The summed E-state index contributed by atoms with van der Waals surface area (Å²) in [5, 5.41) is 5.51. The lowest BCUT2D eigenvalue weighted by Gasteiger charge is -2.33. The molecule has 1 aromatic carbocycles. The van der Waals surface area contributed by atoms with Gasteiger partial charge in [-0.15, -0.1) is 0 Å². The van der Waals surface area contributed by atoms with Gasteiger partial charge < -0.3 is 19.1 Å². The van der Waals surface area contributed by atoms with Gasteiger partial charge in [-0.3, -0.25) is 4.79 Å². The van der Waals surface area contributed by atoms with Gasteiger partial charge in [-0.05, 0) is 17.7 Å². The predicted molar refractivity (Wildman–Crippen MR) is 86.6 cm³/mol. The molecule has 0 spiro atoms. The molecule has 0 radical (unpaired) electrons. The zero-order valence-corrected chi connectivity index (χ0v) is 13.5. The van der Waals surface area contributed by atoms with Crippen molar-refractivity contribution in [2.24, 2.45) is 0 Å². The van der Waals surface area contributed by atoms with Crippen LogP contribution >= 0.6 is 11.6 Å². The average Bonchev–Trinajstić information content (AvgIpc) is 3.25. The average molecular weight is 347 g/mol. The van der Waals surface area contributed by atoms with Crippen LogP contribution in [0.3, 0.4) is 0 Å². The first-order valence-electron chi connectivity index (χ1n) is 7.61. The molecule has 1 atom stereocenters. The van der Waals surface area contributed by atoms with E-state index in [9.17, 15) is 4.79 Å². The Morgan fingerprint density at radius 1 is 1.46 bits per heavy atom. The van der Waals surface area contributed by atoms with E-state index in [1.54, 1.807) is 4.90 Å². The lowest BCUT2D eigenvalue weighted by molar-refractivity contribution is -0.139. The van der Waals surface area contributed by atoms with E-state index in [-0.39, 0.29) is 18.4 Å². The van der Waals surface area contributed by atoms with Crippen LogP contribution in [-0.4, -0.2) is 45.7 Å². The topological polar surface area (TPSA) is 84.2 Å². The molecule has 3 aromatic rings. The number of carbonyl (C=O) groups excluding carboxylic acids is 1. The Balaban J connectivity index is 1.57. The summed E-state index contributed by atoms with van der Waals surface area (Å²) in [5.41, 5.74) is 1.85. The Hall–Kier alpha value is -2.38. The molecule has 0 bridgehead atoms. The van der Waals surface area contributed by atoms with Crippen LogP contribution in [0.1, 0.15) is 17.4 Å². The largest absolute Gasteiger partial charge is 0.377 e. The number of nitrogens with zero attached hydrogens (tertiary/aromatic N) is 3. The molecule has 2 aromatic heterocycles. The zero-order valence-electron chi connectivity index (χ0n) is 12.7. The molecule has 7 nitrogen and oxygen atoms in total. The van der Waals surface area contributed by atoms with E-state index in [2.05, 4.69) is 15.1 Å². The Kier molecular flexibility index (Phi) is 3.95. The minimum absolute atomic E-state index is 0.00366. The molecule has 3 heterocycles. The summed E-state index contributed by atoms with van der Waals surface area (Å²) >= 11 is 6.00. The number of aromatic amines is 1. The Labute approximate surface area is 142 Å². The molecule has 1 amide bonds. The van der Waals surface area contributed by atoms with E-state index in [1.807, 2.05) is 24.4 Å². The van der Waals surface area contributed by atoms with Crippen LogP contribution < -0.4 is 0 Å². The highest BCUT2D eigenvalue weighted by Gasteiger charge is 2.31. The summed E-state index contributed by atoms with van der Waals surface area (Å²) < 4.78 is 10.3. The fourth-order valence-corrected chi connectivity index (χ4v) is 3.18. The SMILES string of the molecule is O=C(Cc1c[nH]c2cc(Cl)ccc12)N1CCOC[C@@H]1c1ncon1. The minimum Gasteiger partial charge on any atom is -0.377 e. The summed E-state index contributed by atoms with van der Waals surface area (Å²) in [7, 11) is 0. The summed E-state index contributed by atoms with van der Waals surface area (Å²) in [6, 6.07) is 5.28. The molecule has 124 valence electrons. The molecule has 1 N–H and O–H groups in total. The maximum absolute atomic E-state index is 12.8. The first kappa shape index (κ1) is 15.2. The van der Waals surface area contributed by atoms with Crippen molar-refractivity contribution in [2.45, 2.75) is 12.5 Å². The number of morpholine rings is 1. The molecule has 1 aliphatic rings. The molecule has 1 aliphatic heterocycles. The van der Waals surface area contributed by atoms with Crippen LogP contribution in [0.2, 0.25) is 5.02 Å². The first-order chi connectivity index (χ1) is 11.7. The molecular weight excluding hydrogens is 332 g/mol. The van der Waals surface area contributed by atoms with E-state index >= 15 is 0 Å². The number of hydrogen-bond acceptors (Lipinski definition) is 5. The quantitative estimate of drug-likeness (QED) is 0.787. The number of rotatable bonds is 3. The summed E-state index contributed by atoms with van der Waals surface area (Å²) in [6.45, 7) is 1.38. The second kappa shape index (κ2) is 6.26. The molecule has 0 unspecified atom stereocenters. The highest BCUT2D eigenvalue weighted by atomic mass is 35.5. The van der Waals surface area contributed by atoms with Gasteiger partial charge in [0.1, 0.15) is 6.04 Å². The fraction of sp³-hybridized carbons (Fsp3) is 0.312. The molecule has 1 saturated heterocycles. The van der Waals surface area contributed by atoms with Crippen molar-refractivity contribution in [3.05, 3.63) is 47.2 Å². The van der Waals surface area contributed by atoms with E-state index in [0.717, 1.165) is 16.5 Å². The second-order valence-electron chi connectivity index (χ2n) is 5.65. The lowest BCUT2D eigenvalue weighted by Crippen LogP contribution is -2.44. The van der Waals surface area contributed by atoms with Crippen molar-refractivity contribution < 1.29 is 14.1 Å². The van der Waals surface area contributed by atoms with Crippen molar-refractivity contribution in [1.82, 2.24) is 20.0 Å². The summed E-state index contributed by atoms with van der Waals surface area (Å²) in [4.78, 5) is 21.8. The van der Waals surface area contributed by atoms with Gasteiger partial charge in [0, 0.05) is 28.7 Å². The normalized spacial score (nSPS) is 18.2. The van der Waals surface area contributed by atoms with Crippen LogP contribution in [0.15, 0.2) is 35.3 Å². The number of ether oxygens (including phenoxy) is 1. The highest BCUT2D eigenvalue weighted by molar-refractivity contribution is 6.31. The van der Waals surface area contributed by atoms with Gasteiger partial charge in [-0.2, -0.15) is 4.98 Å². The number of amides is 1. The van der Waals surface area contributed by atoms with E-state index in [4.69, 9.17) is 20.9 Å². The molecule has 8 heteroatoms.